The van der Waals surface area contributed by atoms with Gasteiger partial charge in [-0.1, -0.05) is 5.16 Å². The molecule has 3 nitrogen and oxygen atoms in total. The van der Waals surface area contributed by atoms with Crippen LogP contribution in [0.4, 0.5) is 0 Å². The van der Waals surface area contributed by atoms with E-state index in [1.54, 1.807) is 0 Å². The van der Waals surface area contributed by atoms with Crippen LogP contribution in [-0.4, -0.2) is 12.8 Å². The molecule has 0 aliphatic heterocycles. The number of oxime groups is 1. The number of hydrogen-bond acceptors (Lipinski definition) is 4. The molecule has 4 heteroatoms. The Bertz CT molecular complexity index is 335. The molecule has 0 saturated heterocycles. The molecule has 0 aliphatic rings. The van der Waals surface area contributed by atoms with E-state index in [-0.39, 0.29) is 0 Å². The minimum atomic E-state index is 0.674. The monoisotopic (exact) mass is 180 g/mol. The summed E-state index contributed by atoms with van der Waals surface area (Å²) in [6, 6.07) is 3.96. The smallest absolute Gasteiger partial charge is 0.113 e. The third kappa shape index (κ3) is 1.63. The summed E-state index contributed by atoms with van der Waals surface area (Å²) in [4.78, 5) is 5.28. The van der Waals surface area contributed by atoms with Crippen LogP contribution in [0.25, 0.3) is 0 Å². The summed E-state index contributed by atoms with van der Waals surface area (Å²) in [5.41, 5.74) is 1.58. The Labute approximate surface area is 74.9 Å². The van der Waals surface area contributed by atoms with Gasteiger partial charge in [0.05, 0.1) is 5.71 Å². The molecule has 0 unspecified atom stereocenters. The zero-order valence-electron chi connectivity index (χ0n) is 6.87. The fraction of sp³-hybridized carbons (Fsp3) is 0.250. The van der Waals surface area contributed by atoms with Crippen LogP contribution >= 0.6 is 11.3 Å². The predicted molar refractivity (Wildman–Crippen MR) is 48.3 cm³/mol. The van der Waals surface area contributed by atoms with Crippen molar-refractivity contribution in [3.8, 4) is 6.07 Å². The van der Waals surface area contributed by atoms with Crippen LogP contribution < -0.4 is 0 Å². The molecule has 1 rings (SSSR count). The molecule has 0 aromatic carbocycles. The van der Waals surface area contributed by atoms with E-state index in [2.05, 4.69) is 16.1 Å². The molecule has 0 radical (unpaired) electrons. The zero-order valence-corrected chi connectivity index (χ0v) is 7.68. The SMILES string of the molecule is CO/N=C(/C)c1ccsc1C#N. The molecule has 0 N–H and O–H groups in total. The summed E-state index contributed by atoms with van der Waals surface area (Å²) in [5.74, 6) is 0. The van der Waals surface area contributed by atoms with E-state index in [9.17, 15) is 0 Å². The molecular formula is C8H8N2OS. The third-order valence-corrected chi connectivity index (χ3v) is 2.20. The molecule has 0 atom stereocenters. The first-order valence-electron chi connectivity index (χ1n) is 3.35. The zero-order chi connectivity index (χ0) is 8.97. The molecule has 0 spiro atoms. The topological polar surface area (TPSA) is 45.4 Å². The number of nitriles is 1. The number of nitrogens with zero attached hydrogens (tertiary/aromatic N) is 2. The summed E-state index contributed by atoms with van der Waals surface area (Å²) < 4.78 is 0. The average Bonchev–Trinajstić information content (AvgIpc) is 2.51. The molecule has 62 valence electrons. The van der Waals surface area contributed by atoms with Crippen molar-refractivity contribution in [2.45, 2.75) is 6.92 Å². The van der Waals surface area contributed by atoms with E-state index < -0.39 is 0 Å². The lowest BCUT2D eigenvalue weighted by atomic mass is 10.2. The molecule has 12 heavy (non-hydrogen) atoms. The predicted octanol–water partition coefficient (Wildman–Crippen LogP) is 1.99. The molecule has 0 aliphatic carbocycles. The highest BCUT2D eigenvalue weighted by Gasteiger charge is 2.05. The minimum Gasteiger partial charge on any atom is -0.399 e. The van der Waals surface area contributed by atoms with Crippen molar-refractivity contribution in [3.63, 3.8) is 0 Å². The highest BCUT2D eigenvalue weighted by molar-refractivity contribution is 7.10. The molecule has 0 bridgehead atoms. The van der Waals surface area contributed by atoms with E-state index in [0.29, 0.717) is 4.88 Å². The maximum absolute atomic E-state index is 8.69. The minimum absolute atomic E-state index is 0.674. The second-order valence-electron chi connectivity index (χ2n) is 2.13. The highest BCUT2D eigenvalue weighted by Crippen LogP contribution is 2.16. The summed E-state index contributed by atoms with van der Waals surface area (Å²) in [6.07, 6.45) is 0. The van der Waals surface area contributed by atoms with Gasteiger partial charge in [0.1, 0.15) is 18.1 Å². The Morgan fingerprint density at radius 2 is 2.50 bits per heavy atom. The fourth-order valence-corrected chi connectivity index (χ4v) is 1.60. The molecule has 1 aromatic rings. The molecule has 0 fully saturated rings. The number of hydrogen-bond donors (Lipinski definition) is 0. The van der Waals surface area contributed by atoms with Gasteiger partial charge in [-0.2, -0.15) is 5.26 Å². The van der Waals surface area contributed by atoms with Crippen LogP contribution in [0.15, 0.2) is 16.6 Å². The standard InChI is InChI=1S/C8H8N2OS/c1-6(10-11-2)7-3-4-12-8(7)5-9/h3-4H,1-2H3/b10-6-. The van der Waals surface area contributed by atoms with Crippen LogP contribution in [0.3, 0.4) is 0 Å². The Morgan fingerprint density at radius 3 is 3.08 bits per heavy atom. The summed E-state index contributed by atoms with van der Waals surface area (Å²) in [6.45, 7) is 1.81. The van der Waals surface area contributed by atoms with Crippen molar-refractivity contribution in [2.24, 2.45) is 5.16 Å². The van der Waals surface area contributed by atoms with Crippen molar-refractivity contribution in [1.82, 2.24) is 0 Å². The van der Waals surface area contributed by atoms with Gasteiger partial charge < -0.3 is 4.84 Å². The summed E-state index contributed by atoms with van der Waals surface area (Å²) >= 11 is 1.41. The largest absolute Gasteiger partial charge is 0.399 e. The van der Waals surface area contributed by atoms with Crippen LogP contribution in [0, 0.1) is 11.3 Å². The first-order chi connectivity index (χ1) is 5.79. The van der Waals surface area contributed by atoms with Gasteiger partial charge in [0.2, 0.25) is 0 Å². The fourth-order valence-electron chi connectivity index (χ4n) is 0.867. The quantitative estimate of drug-likeness (QED) is 0.516. The van der Waals surface area contributed by atoms with E-state index in [1.165, 1.54) is 18.4 Å². The molecule has 0 saturated carbocycles. The first-order valence-corrected chi connectivity index (χ1v) is 4.23. The lowest BCUT2D eigenvalue weighted by Crippen LogP contribution is -1.94. The van der Waals surface area contributed by atoms with E-state index >= 15 is 0 Å². The van der Waals surface area contributed by atoms with Gasteiger partial charge in [-0.15, -0.1) is 11.3 Å². The highest BCUT2D eigenvalue weighted by atomic mass is 32.1. The van der Waals surface area contributed by atoms with Crippen LogP contribution in [0.1, 0.15) is 17.4 Å². The molecule has 1 aromatic heterocycles. The Kier molecular flexibility index (Phi) is 2.83. The van der Waals surface area contributed by atoms with Gasteiger partial charge >= 0.3 is 0 Å². The Balaban J connectivity index is 3.04. The van der Waals surface area contributed by atoms with E-state index in [4.69, 9.17) is 5.26 Å². The van der Waals surface area contributed by atoms with Crippen molar-refractivity contribution < 1.29 is 4.84 Å². The first kappa shape index (κ1) is 8.75. The maximum atomic E-state index is 8.69. The van der Waals surface area contributed by atoms with E-state index in [1.807, 2.05) is 18.4 Å². The van der Waals surface area contributed by atoms with Crippen LogP contribution in [0.2, 0.25) is 0 Å². The lowest BCUT2D eigenvalue weighted by molar-refractivity contribution is 0.213. The number of rotatable bonds is 2. The van der Waals surface area contributed by atoms with E-state index in [0.717, 1.165) is 11.3 Å². The van der Waals surface area contributed by atoms with Crippen LogP contribution in [0.5, 0.6) is 0 Å². The van der Waals surface area contributed by atoms with Crippen molar-refractivity contribution in [1.29, 1.82) is 5.26 Å². The van der Waals surface area contributed by atoms with Gasteiger partial charge in [0.25, 0.3) is 0 Å². The van der Waals surface area contributed by atoms with Crippen LogP contribution in [-0.2, 0) is 4.84 Å². The second kappa shape index (κ2) is 3.88. The van der Waals surface area contributed by atoms with Gasteiger partial charge in [-0.25, -0.2) is 0 Å². The van der Waals surface area contributed by atoms with Gasteiger partial charge in [-0.3, -0.25) is 0 Å². The molecule has 1 heterocycles. The normalized spacial score (nSPS) is 10.9. The summed E-state index contributed by atoms with van der Waals surface area (Å²) in [7, 11) is 1.49. The lowest BCUT2D eigenvalue weighted by Gasteiger charge is -1.94. The Morgan fingerprint density at radius 1 is 1.75 bits per heavy atom. The third-order valence-electron chi connectivity index (χ3n) is 1.38. The maximum Gasteiger partial charge on any atom is 0.113 e. The average molecular weight is 180 g/mol. The Hall–Kier alpha value is -1.34. The summed E-state index contributed by atoms with van der Waals surface area (Å²) in [5, 5.41) is 14.3. The van der Waals surface area contributed by atoms with Gasteiger partial charge in [0.15, 0.2) is 0 Å². The van der Waals surface area contributed by atoms with Crippen molar-refractivity contribution in [2.75, 3.05) is 7.11 Å². The second-order valence-corrected chi connectivity index (χ2v) is 3.05. The van der Waals surface area contributed by atoms with Crippen molar-refractivity contribution in [3.05, 3.63) is 21.9 Å². The van der Waals surface area contributed by atoms with Gasteiger partial charge in [-0.05, 0) is 18.4 Å². The number of thiophene rings is 1. The van der Waals surface area contributed by atoms with Crippen molar-refractivity contribution >= 4 is 17.0 Å². The van der Waals surface area contributed by atoms with Gasteiger partial charge in [0, 0.05) is 5.56 Å². The molecule has 0 amide bonds. The molecular weight excluding hydrogens is 172 g/mol.